The average molecular weight is 430 g/mol. The van der Waals surface area contributed by atoms with Gasteiger partial charge in [0.1, 0.15) is 12.4 Å². The molecule has 164 valence electrons. The van der Waals surface area contributed by atoms with Gasteiger partial charge in [0.25, 0.3) is 0 Å². The van der Waals surface area contributed by atoms with E-state index in [1.54, 1.807) is 29.2 Å². The summed E-state index contributed by atoms with van der Waals surface area (Å²) in [4.78, 5) is 21.3. The van der Waals surface area contributed by atoms with E-state index in [1.807, 2.05) is 43.8 Å². The summed E-state index contributed by atoms with van der Waals surface area (Å²) in [7, 11) is 0. The molecule has 3 heterocycles. The second-order valence-electron chi connectivity index (χ2n) is 7.82. The van der Waals surface area contributed by atoms with Crippen LogP contribution in [0.5, 0.6) is 0 Å². The molecule has 3 aromatic rings. The molecule has 3 aromatic heterocycles. The molecule has 8 nitrogen and oxygen atoms in total. The molecule has 1 aliphatic rings. The number of aryl methyl sites for hydroxylation is 1. The normalized spacial score (nSPS) is 14.2. The Morgan fingerprint density at radius 1 is 1.31 bits per heavy atom. The molecule has 0 saturated heterocycles. The Morgan fingerprint density at radius 2 is 2.12 bits per heavy atom. The lowest BCUT2D eigenvalue weighted by Gasteiger charge is -2.07. The SMILES string of the molecule is C=CC(=N/C=C\C)c1ccc(NC(=O)Cn2nc(C)c(-c3cnn(C4CC4)c3)c2C)nc1. The van der Waals surface area contributed by atoms with Gasteiger partial charge in [-0.1, -0.05) is 12.7 Å². The van der Waals surface area contributed by atoms with Crippen LogP contribution in [0.4, 0.5) is 5.82 Å². The van der Waals surface area contributed by atoms with Crippen molar-refractivity contribution in [2.24, 2.45) is 4.99 Å². The zero-order valence-electron chi connectivity index (χ0n) is 18.6. The number of nitrogens with one attached hydrogen (secondary N) is 1. The van der Waals surface area contributed by atoms with Crippen LogP contribution in [0.3, 0.4) is 0 Å². The number of carbonyl (C=O) groups excluding carboxylic acids is 1. The third-order valence-corrected chi connectivity index (χ3v) is 5.37. The molecule has 1 amide bonds. The molecular formula is C24H27N7O. The Labute approximate surface area is 187 Å². The number of aliphatic imine (C=N–C) groups is 1. The molecular weight excluding hydrogens is 402 g/mol. The maximum atomic E-state index is 12.6. The summed E-state index contributed by atoms with van der Waals surface area (Å²) in [6.45, 7) is 9.72. The van der Waals surface area contributed by atoms with E-state index in [0.29, 0.717) is 17.6 Å². The van der Waals surface area contributed by atoms with Crippen molar-refractivity contribution in [1.29, 1.82) is 0 Å². The summed E-state index contributed by atoms with van der Waals surface area (Å²) < 4.78 is 3.75. The molecule has 0 atom stereocenters. The van der Waals surface area contributed by atoms with Crippen molar-refractivity contribution >= 4 is 17.4 Å². The van der Waals surface area contributed by atoms with Crippen molar-refractivity contribution in [3.63, 3.8) is 0 Å². The third-order valence-electron chi connectivity index (χ3n) is 5.37. The molecule has 32 heavy (non-hydrogen) atoms. The monoisotopic (exact) mass is 429 g/mol. The van der Waals surface area contributed by atoms with Crippen LogP contribution in [0.1, 0.15) is 42.8 Å². The number of aromatic nitrogens is 5. The van der Waals surface area contributed by atoms with E-state index in [2.05, 4.69) is 38.3 Å². The lowest BCUT2D eigenvalue weighted by Crippen LogP contribution is -2.21. The molecule has 0 aromatic carbocycles. The molecule has 4 rings (SSSR count). The number of rotatable bonds is 8. The fourth-order valence-corrected chi connectivity index (χ4v) is 3.61. The van der Waals surface area contributed by atoms with E-state index in [1.165, 1.54) is 12.8 Å². The van der Waals surface area contributed by atoms with E-state index < -0.39 is 0 Å². The first-order valence-electron chi connectivity index (χ1n) is 10.7. The number of hydrogen-bond donors (Lipinski definition) is 1. The minimum absolute atomic E-state index is 0.105. The first kappa shape index (κ1) is 21.4. The van der Waals surface area contributed by atoms with Crippen molar-refractivity contribution < 1.29 is 4.79 Å². The van der Waals surface area contributed by atoms with Crippen LogP contribution >= 0.6 is 0 Å². The van der Waals surface area contributed by atoms with E-state index in [4.69, 9.17) is 0 Å². The predicted octanol–water partition coefficient (Wildman–Crippen LogP) is 4.24. The zero-order valence-corrected chi connectivity index (χ0v) is 18.6. The number of nitrogens with zero attached hydrogens (tertiary/aromatic N) is 6. The highest BCUT2D eigenvalue weighted by Gasteiger charge is 2.25. The van der Waals surface area contributed by atoms with Gasteiger partial charge in [-0.2, -0.15) is 10.2 Å². The summed E-state index contributed by atoms with van der Waals surface area (Å²) in [6, 6.07) is 4.13. The molecule has 0 bridgehead atoms. The Balaban J connectivity index is 1.44. The number of allylic oxidation sites excluding steroid dienone is 2. The highest BCUT2D eigenvalue weighted by molar-refractivity contribution is 6.08. The van der Waals surface area contributed by atoms with Gasteiger partial charge in [0.2, 0.25) is 5.91 Å². The van der Waals surface area contributed by atoms with Crippen molar-refractivity contribution in [1.82, 2.24) is 24.5 Å². The molecule has 1 aliphatic carbocycles. The Kier molecular flexibility index (Phi) is 6.11. The topological polar surface area (TPSA) is 90.0 Å². The van der Waals surface area contributed by atoms with Gasteiger partial charge >= 0.3 is 0 Å². The van der Waals surface area contributed by atoms with E-state index in [0.717, 1.165) is 28.1 Å². The summed E-state index contributed by atoms with van der Waals surface area (Å²) >= 11 is 0. The first-order chi connectivity index (χ1) is 15.5. The number of anilines is 1. The molecule has 0 radical (unpaired) electrons. The summed E-state index contributed by atoms with van der Waals surface area (Å²) in [6.07, 6.45) is 13.2. The molecule has 1 N–H and O–H groups in total. The first-order valence-corrected chi connectivity index (χ1v) is 10.7. The standard InChI is InChI=1S/C24H27N7O/c1-5-11-25-21(6-2)18-7-10-22(26-12-18)28-23(32)15-30-17(4)24(16(3)29-30)19-13-27-31(14-19)20-8-9-20/h5-7,10-14,20H,2,8-9,15H2,1,3-4H3,(H,26,28,32)/b11-5-,25-21?. The molecule has 0 spiro atoms. The third kappa shape index (κ3) is 4.59. The van der Waals surface area contributed by atoms with Gasteiger partial charge in [-0.15, -0.1) is 0 Å². The fraction of sp³-hybridized carbons (Fsp3) is 0.292. The van der Waals surface area contributed by atoms with Gasteiger partial charge in [-0.05, 0) is 51.8 Å². The second kappa shape index (κ2) is 9.13. The van der Waals surface area contributed by atoms with Crippen molar-refractivity contribution in [3.05, 3.63) is 72.6 Å². The van der Waals surface area contributed by atoms with Gasteiger partial charge < -0.3 is 5.32 Å². The van der Waals surface area contributed by atoms with Gasteiger partial charge in [0, 0.05) is 41.0 Å². The van der Waals surface area contributed by atoms with Crippen LogP contribution in [0, 0.1) is 13.8 Å². The van der Waals surface area contributed by atoms with Crippen molar-refractivity contribution in [2.45, 2.75) is 46.2 Å². The molecule has 1 fully saturated rings. The fourth-order valence-electron chi connectivity index (χ4n) is 3.61. The highest BCUT2D eigenvalue weighted by Crippen LogP contribution is 2.36. The van der Waals surface area contributed by atoms with Gasteiger partial charge in [0.15, 0.2) is 0 Å². The lowest BCUT2D eigenvalue weighted by molar-refractivity contribution is -0.117. The molecule has 0 unspecified atom stereocenters. The molecule has 8 heteroatoms. The summed E-state index contributed by atoms with van der Waals surface area (Å²) in [5, 5.41) is 11.9. The van der Waals surface area contributed by atoms with Crippen LogP contribution in [-0.2, 0) is 11.3 Å². The van der Waals surface area contributed by atoms with Crippen LogP contribution in [0.15, 0.2) is 60.6 Å². The van der Waals surface area contributed by atoms with Crippen LogP contribution in [0.2, 0.25) is 0 Å². The van der Waals surface area contributed by atoms with Crippen molar-refractivity contribution in [3.8, 4) is 11.1 Å². The largest absolute Gasteiger partial charge is 0.309 e. The number of carbonyl (C=O) groups is 1. The van der Waals surface area contributed by atoms with E-state index >= 15 is 0 Å². The average Bonchev–Trinajstić information content (AvgIpc) is 3.46. The molecule has 1 saturated carbocycles. The van der Waals surface area contributed by atoms with Crippen LogP contribution < -0.4 is 5.32 Å². The number of amides is 1. The minimum atomic E-state index is -0.192. The molecule has 0 aliphatic heterocycles. The smallest absolute Gasteiger partial charge is 0.247 e. The summed E-state index contributed by atoms with van der Waals surface area (Å²) in [5.41, 5.74) is 5.43. The minimum Gasteiger partial charge on any atom is -0.309 e. The highest BCUT2D eigenvalue weighted by atomic mass is 16.2. The van der Waals surface area contributed by atoms with Gasteiger partial charge in [-0.3, -0.25) is 19.2 Å². The van der Waals surface area contributed by atoms with Gasteiger partial charge in [-0.25, -0.2) is 4.98 Å². The maximum Gasteiger partial charge on any atom is 0.247 e. The lowest BCUT2D eigenvalue weighted by atomic mass is 10.1. The second-order valence-corrected chi connectivity index (χ2v) is 7.82. The summed E-state index contributed by atoms with van der Waals surface area (Å²) in [5.74, 6) is 0.281. The Morgan fingerprint density at radius 3 is 2.78 bits per heavy atom. The quantitative estimate of drug-likeness (QED) is 0.542. The van der Waals surface area contributed by atoms with Gasteiger partial charge in [0.05, 0.1) is 23.6 Å². The van der Waals surface area contributed by atoms with E-state index in [-0.39, 0.29) is 12.5 Å². The Bertz CT molecular complexity index is 1190. The predicted molar refractivity (Wildman–Crippen MR) is 126 cm³/mol. The Hall–Kier alpha value is -3.81. The zero-order chi connectivity index (χ0) is 22.7. The van der Waals surface area contributed by atoms with Crippen molar-refractivity contribution in [2.75, 3.05) is 5.32 Å². The number of pyridine rings is 1. The maximum absolute atomic E-state index is 12.6. The van der Waals surface area contributed by atoms with Crippen LogP contribution in [0.25, 0.3) is 11.1 Å². The van der Waals surface area contributed by atoms with Crippen LogP contribution in [-0.4, -0.2) is 36.2 Å². The van der Waals surface area contributed by atoms with E-state index in [9.17, 15) is 4.79 Å². The number of hydrogen-bond acceptors (Lipinski definition) is 5.